The van der Waals surface area contributed by atoms with E-state index in [1.165, 1.54) is 70.6 Å². The molecule has 0 spiro atoms. The summed E-state index contributed by atoms with van der Waals surface area (Å²) in [5.41, 5.74) is 0. The Kier molecular flexibility index (Phi) is 18.9. The van der Waals surface area contributed by atoms with Gasteiger partial charge in [-0.25, -0.2) is 0 Å². The Morgan fingerprint density at radius 2 is 0.905 bits per heavy atom. The van der Waals surface area contributed by atoms with Gasteiger partial charge in [0.15, 0.2) is 0 Å². The van der Waals surface area contributed by atoms with Gasteiger partial charge in [-0.15, -0.1) is 0 Å². The summed E-state index contributed by atoms with van der Waals surface area (Å²) < 4.78 is 29.6. The quantitative estimate of drug-likeness (QED) is 0.243. The molecule has 0 saturated carbocycles. The third-order valence-corrected chi connectivity index (χ3v) is 4.56. The third kappa shape index (κ3) is 22.8. The van der Waals surface area contributed by atoms with E-state index in [0.29, 0.717) is 6.42 Å². The van der Waals surface area contributed by atoms with Crippen LogP contribution in [0.4, 0.5) is 0 Å². The van der Waals surface area contributed by atoms with Crippen molar-refractivity contribution in [2.75, 3.05) is 5.75 Å². The minimum Gasteiger partial charge on any atom is -0.286 e. The smallest absolute Gasteiger partial charge is 0.264 e. The molecule has 0 aromatic carbocycles. The van der Waals surface area contributed by atoms with Crippen LogP contribution in [0.25, 0.3) is 0 Å². The van der Waals surface area contributed by atoms with Crippen molar-refractivity contribution in [3.63, 3.8) is 0 Å². The van der Waals surface area contributed by atoms with Crippen LogP contribution in [-0.4, -0.2) is 18.7 Å². The zero-order chi connectivity index (χ0) is 15.1. The summed E-state index contributed by atoms with van der Waals surface area (Å²) >= 11 is 0. The van der Waals surface area contributed by atoms with Gasteiger partial charge in [0, 0.05) is 17.1 Å². The molecule has 0 rings (SSSR count). The van der Waals surface area contributed by atoms with Crippen LogP contribution in [0.3, 0.4) is 0 Å². The van der Waals surface area contributed by atoms with E-state index >= 15 is 0 Å². The number of rotatable bonds is 15. The number of hydrogen-bond acceptors (Lipinski definition) is 2. The van der Waals surface area contributed by atoms with Crippen molar-refractivity contribution in [3.05, 3.63) is 0 Å². The molecule has 1 N–H and O–H groups in total. The molecule has 3 nitrogen and oxygen atoms in total. The van der Waals surface area contributed by atoms with Crippen LogP contribution in [0.5, 0.6) is 0 Å². The molecule has 21 heavy (non-hydrogen) atoms. The van der Waals surface area contributed by atoms with Gasteiger partial charge in [-0.05, 0) is 6.42 Å². The molecule has 0 bridgehead atoms. The van der Waals surface area contributed by atoms with Gasteiger partial charge < -0.3 is 0 Å². The average Bonchev–Trinajstić information content (AvgIpc) is 2.38. The molecule has 0 fully saturated rings. The molecule has 0 saturated heterocycles. The zero-order valence-corrected chi connectivity index (χ0v) is 15.6. The molecule has 0 unspecified atom stereocenters. The first kappa shape index (κ1) is 23.7. The Labute approximate surface area is 142 Å². The summed E-state index contributed by atoms with van der Waals surface area (Å²) in [5, 5.41) is 0. The molecule has 0 aliphatic carbocycles. The first-order valence-electron chi connectivity index (χ1n) is 8.51. The Hall–Kier alpha value is 0.429. The fraction of sp³-hybridized carbons (Fsp3) is 1.00. The second-order valence-electron chi connectivity index (χ2n) is 5.88. The van der Waals surface area contributed by atoms with Crippen LogP contribution >= 0.6 is 0 Å². The minimum atomic E-state index is -3.74. The van der Waals surface area contributed by atoms with E-state index in [1.54, 1.807) is 0 Å². The fourth-order valence-corrected chi connectivity index (χ4v) is 3.05. The number of unbranched alkanes of at least 4 members (excludes halogenated alkanes) is 13. The second-order valence-corrected chi connectivity index (χ2v) is 7.45. The standard InChI is InChI=1S/C16H34O3S.Fe/c1-2-3-4-5-6-7-8-9-10-11-12-13-14-15-16-20(17,18)19;/h2-16H2,1H3,(H,17,18,19);. The normalized spacial score (nSPS) is 11.3. The summed E-state index contributed by atoms with van der Waals surface area (Å²) in [6.45, 7) is 2.25. The Morgan fingerprint density at radius 1 is 0.619 bits per heavy atom. The van der Waals surface area contributed by atoms with Crippen LogP contribution in [0, 0.1) is 0 Å². The number of hydrogen-bond donors (Lipinski definition) is 1. The predicted octanol–water partition coefficient (Wildman–Crippen LogP) is 5.35. The Balaban J connectivity index is 0. The van der Waals surface area contributed by atoms with Gasteiger partial charge in [0.1, 0.15) is 0 Å². The molecular formula is C16H34FeO3S. The van der Waals surface area contributed by atoms with E-state index in [1.807, 2.05) is 0 Å². The van der Waals surface area contributed by atoms with Crippen LogP contribution in [0.2, 0.25) is 0 Å². The van der Waals surface area contributed by atoms with E-state index < -0.39 is 10.1 Å². The van der Waals surface area contributed by atoms with E-state index in [-0.39, 0.29) is 22.8 Å². The van der Waals surface area contributed by atoms with E-state index in [4.69, 9.17) is 4.55 Å². The Morgan fingerprint density at radius 3 is 1.19 bits per heavy atom. The molecular weight excluding hydrogens is 328 g/mol. The van der Waals surface area contributed by atoms with Crippen molar-refractivity contribution < 1.29 is 30.0 Å². The van der Waals surface area contributed by atoms with Gasteiger partial charge in [0.25, 0.3) is 10.1 Å². The van der Waals surface area contributed by atoms with Crippen LogP contribution in [0.15, 0.2) is 0 Å². The van der Waals surface area contributed by atoms with Crippen molar-refractivity contribution in [1.82, 2.24) is 0 Å². The molecule has 0 aliphatic heterocycles. The summed E-state index contributed by atoms with van der Waals surface area (Å²) in [6.07, 6.45) is 17.4. The summed E-state index contributed by atoms with van der Waals surface area (Å²) in [7, 11) is -3.74. The second kappa shape index (κ2) is 16.8. The van der Waals surface area contributed by atoms with Crippen molar-refractivity contribution in [3.8, 4) is 0 Å². The van der Waals surface area contributed by atoms with Crippen molar-refractivity contribution in [2.45, 2.75) is 96.8 Å². The van der Waals surface area contributed by atoms with Crippen LogP contribution in [0.1, 0.15) is 96.8 Å². The Bertz CT molecular complexity index is 292. The SMILES string of the molecule is CCCCCCCCCCCCCCCCS(=O)(=O)O.[Fe]. The maximum absolute atomic E-state index is 10.5. The molecule has 0 amide bonds. The van der Waals surface area contributed by atoms with Gasteiger partial charge in [0.05, 0.1) is 5.75 Å². The maximum Gasteiger partial charge on any atom is 0.264 e. The first-order chi connectivity index (χ1) is 9.56. The first-order valence-corrected chi connectivity index (χ1v) is 10.1. The third-order valence-electron chi connectivity index (χ3n) is 3.76. The van der Waals surface area contributed by atoms with E-state index in [0.717, 1.165) is 12.8 Å². The predicted molar refractivity (Wildman–Crippen MR) is 86.7 cm³/mol. The molecule has 0 aromatic heterocycles. The summed E-state index contributed by atoms with van der Waals surface area (Å²) in [5.74, 6) is -0.0783. The summed E-state index contributed by atoms with van der Waals surface area (Å²) in [4.78, 5) is 0. The monoisotopic (exact) mass is 362 g/mol. The fourth-order valence-electron chi connectivity index (χ4n) is 2.48. The van der Waals surface area contributed by atoms with Gasteiger partial charge in [0.2, 0.25) is 0 Å². The molecule has 0 aromatic rings. The van der Waals surface area contributed by atoms with Crippen LogP contribution < -0.4 is 0 Å². The van der Waals surface area contributed by atoms with Crippen molar-refractivity contribution >= 4 is 10.1 Å². The maximum atomic E-state index is 10.5. The molecule has 0 heterocycles. The zero-order valence-electron chi connectivity index (χ0n) is 13.6. The molecule has 0 radical (unpaired) electrons. The van der Waals surface area contributed by atoms with Crippen molar-refractivity contribution in [2.24, 2.45) is 0 Å². The largest absolute Gasteiger partial charge is 0.286 e. The van der Waals surface area contributed by atoms with Gasteiger partial charge in [-0.1, -0.05) is 90.4 Å². The minimum absolute atomic E-state index is 0. The molecule has 0 aliphatic rings. The van der Waals surface area contributed by atoms with Gasteiger partial charge in [-0.3, -0.25) is 4.55 Å². The van der Waals surface area contributed by atoms with Gasteiger partial charge in [-0.2, -0.15) is 8.42 Å². The average molecular weight is 362 g/mol. The molecule has 130 valence electrons. The topological polar surface area (TPSA) is 54.4 Å². The van der Waals surface area contributed by atoms with Crippen LogP contribution in [-0.2, 0) is 27.2 Å². The molecule has 0 atom stereocenters. The van der Waals surface area contributed by atoms with Crippen molar-refractivity contribution in [1.29, 1.82) is 0 Å². The van der Waals surface area contributed by atoms with E-state index in [9.17, 15) is 8.42 Å². The summed E-state index contributed by atoms with van der Waals surface area (Å²) in [6, 6.07) is 0. The van der Waals surface area contributed by atoms with Gasteiger partial charge >= 0.3 is 0 Å². The molecule has 5 heteroatoms. The van der Waals surface area contributed by atoms with E-state index in [2.05, 4.69) is 6.92 Å².